The Labute approximate surface area is 228 Å². The van der Waals surface area contributed by atoms with Crippen LogP contribution in [0.15, 0.2) is 72.8 Å². The third-order valence-electron chi connectivity index (χ3n) is 5.69. The maximum atomic E-state index is 13.7. The van der Waals surface area contributed by atoms with Crippen LogP contribution in [0.1, 0.15) is 43.9 Å². The molecule has 1 atom stereocenters. The Morgan fingerprint density at radius 2 is 1.53 bits per heavy atom. The highest BCUT2D eigenvalue weighted by molar-refractivity contribution is 6.35. The predicted octanol–water partition coefficient (Wildman–Crippen LogP) is 7.13. The van der Waals surface area contributed by atoms with E-state index in [1.54, 1.807) is 23.1 Å². The fourth-order valence-corrected chi connectivity index (χ4v) is 4.63. The molecular weight excluding hydrogens is 515 g/mol. The van der Waals surface area contributed by atoms with Crippen molar-refractivity contribution in [3.8, 4) is 0 Å². The van der Waals surface area contributed by atoms with Crippen molar-refractivity contribution in [1.82, 2.24) is 10.2 Å². The molecule has 0 aliphatic rings. The van der Waals surface area contributed by atoms with Crippen molar-refractivity contribution < 1.29 is 9.59 Å². The number of benzene rings is 3. The number of halogens is 3. The summed E-state index contributed by atoms with van der Waals surface area (Å²) in [6.07, 6.45) is 1.02. The minimum absolute atomic E-state index is 0.161. The third-order valence-corrected chi connectivity index (χ3v) is 6.65. The van der Waals surface area contributed by atoms with E-state index in [0.29, 0.717) is 33.5 Å². The van der Waals surface area contributed by atoms with E-state index in [2.05, 4.69) is 5.32 Å². The lowest BCUT2D eigenvalue weighted by atomic mass is 10.00. The monoisotopic (exact) mass is 544 g/mol. The van der Waals surface area contributed by atoms with E-state index in [4.69, 9.17) is 34.8 Å². The Morgan fingerprint density at radius 3 is 2.17 bits per heavy atom. The number of rotatable bonds is 9. The van der Waals surface area contributed by atoms with Gasteiger partial charge in [-0.25, -0.2) is 0 Å². The van der Waals surface area contributed by atoms with E-state index < -0.39 is 11.6 Å². The Kier molecular flexibility index (Phi) is 9.84. The first-order chi connectivity index (χ1) is 17.0. The molecule has 7 heteroatoms. The van der Waals surface area contributed by atoms with E-state index in [0.717, 1.165) is 11.1 Å². The largest absolute Gasteiger partial charge is 0.350 e. The van der Waals surface area contributed by atoms with Crippen LogP contribution in [0, 0.1) is 0 Å². The first kappa shape index (κ1) is 28.0. The van der Waals surface area contributed by atoms with Crippen LogP contribution in [-0.4, -0.2) is 28.3 Å². The molecule has 2 amide bonds. The highest BCUT2D eigenvalue weighted by Crippen LogP contribution is 2.25. The summed E-state index contributed by atoms with van der Waals surface area (Å²) in [6.45, 7) is 5.94. The minimum Gasteiger partial charge on any atom is -0.350 e. The molecule has 0 aromatic heterocycles. The van der Waals surface area contributed by atoms with Crippen molar-refractivity contribution in [1.29, 1.82) is 0 Å². The lowest BCUT2D eigenvalue weighted by molar-refractivity contribution is -0.141. The van der Waals surface area contributed by atoms with Crippen LogP contribution < -0.4 is 5.32 Å². The molecule has 0 saturated carbocycles. The number of nitrogens with zero attached hydrogens (tertiary/aromatic N) is 1. The van der Waals surface area contributed by atoms with E-state index >= 15 is 0 Å². The van der Waals surface area contributed by atoms with Gasteiger partial charge in [0.1, 0.15) is 6.04 Å². The summed E-state index contributed by atoms with van der Waals surface area (Å²) in [4.78, 5) is 29.0. The maximum absolute atomic E-state index is 13.7. The zero-order valence-corrected chi connectivity index (χ0v) is 23.0. The molecule has 0 fully saturated rings. The molecule has 0 saturated heterocycles. The number of carbonyl (C=O) groups excluding carboxylic acids is 2. The van der Waals surface area contributed by atoms with Crippen LogP contribution in [-0.2, 0) is 29.0 Å². The molecule has 190 valence electrons. The van der Waals surface area contributed by atoms with Crippen molar-refractivity contribution in [3.63, 3.8) is 0 Å². The summed E-state index contributed by atoms with van der Waals surface area (Å²) in [6, 6.07) is 21.6. The molecule has 3 aromatic carbocycles. The second kappa shape index (κ2) is 12.6. The number of carbonyl (C=O) groups is 2. The Balaban J connectivity index is 1.97. The molecule has 36 heavy (non-hydrogen) atoms. The van der Waals surface area contributed by atoms with Crippen LogP contribution >= 0.6 is 34.8 Å². The molecule has 0 spiro atoms. The second-order valence-electron chi connectivity index (χ2n) is 9.79. The Morgan fingerprint density at radius 1 is 0.861 bits per heavy atom. The summed E-state index contributed by atoms with van der Waals surface area (Å²) in [5.74, 6) is -0.381. The zero-order chi connectivity index (χ0) is 26.3. The second-order valence-corrected chi connectivity index (χ2v) is 11.0. The SMILES string of the molecule is CC(C)(C)NC(=O)C(Cc1ccccc1)N(Cc1ccc(Cl)cc1Cl)C(=O)CCc1ccccc1Cl. The van der Waals surface area contributed by atoms with Crippen LogP contribution in [0.2, 0.25) is 15.1 Å². The van der Waals surface area contributed by atoms with Gasteiger partial charge in [-0.15, -0.1) is 0 Å². The van der Waals surface area contributed by atoms with Crippen LogP contribution in [0.5, 0.6) is 0 Å². The maximum Gasteiger partial charge on any atom is 0.243 e. The lowest BCUT2D eigenvalue weighted by Crippen LogP contribution is -2.54. The first-order valence-corrected chi connectivity index (χ1v) is 13.0. The lowest BCUT2D eigenvalue weighted by Gasteiger charge is -2.34. The van der Waals surface area contributed by atoms with Crippen molar-refractivity contribution in [2.24, 2.45) is 0 Å². The van der Waals surface area contributed by atoms with Gasteiger partial charge >= 0.3 is 0 Å². The van der Waals surface area contributed by atoms with Gasteiger partial charge in [0.2, 0.25) is 11.8 Å². The number of aryl methyl sites for hydroxylation is 1. The van der Waals surface area contributed by atoms with Gasteiger partial charge in [0.15, 0.2) is 0 Å². The van der Waals surface area contributed by atoms with Crippen molar-refractivity contribution in [2.45, 2.75) is 58.2 Å². The first-order valence-electron chi connectivity index (χ1n) is 11.9. The van der Waals surface area contributed by atoms with E-state index in [1.165, 1.54) is 0 Å². The fraction of sp³-hybridized carbons (Fsp3) is 0.310. The van der Waals surface area contributed by atoms with Gasteiger partial charge in [0, 0.05) is 40.0 Å². The molecule has 0 bridgehead atoms. The molecule has 0 aliphatic carbocycles. The molecule has 3 rings (SSSR count). The number of hydrogen-bond acceptors (Lipinski definition) is 2. The molecule has 3 aromatic rings. The van der Waals surface area contributed by atoms with Gasteiger partial charge in [-0.05, 0) is 62.1 Å². The Hall–Kier alpha value is -2.53. The molecule has 1 unspecified atom stereocenters. The van der Waals surface area contributed by atoms with Gasteiger partial charge in [-0.3, -0.25) is 9.59 Å². The van der Waals surface area contributed by atoms with Gasteiger partial charge in [-0.2, -0.15) is 0 Å². The molecule has 0 heterocycles. The standard InChI is InChI=1S/C29H31Cl3N2O2/c1-29(2,3)33-28(36)26(17-20-9-5-4-6-10-20)34(19-22-13-15-23(30)18-25(22)32)27(35)16-14-21-11-7-8-12-24(21)31/h4-13,15,18,26H,14,16-17,19H2,1-3H3,(H,33,36). The van der Waals surface area contributed by atoms with E-state index in [-0.39, 0.29) is 24.8 Å². The normalized spacial score (nSPS) is 12.2. The summed E-state index contributed by atoms with van der Waals surface area (Å²) < 4.78 is 0. The fourth-order valence-electron chi connectivity index (χ4n) is 3.93. The Bertz CT molecular complexity index is 1190. The highest BCUT2D eigenvalue weighted by atomic mass is 35.5. The summed E-state index contributed by atoms with van der Waals surface area (Å²) in [5, 5.41) is 4.63. The van der Waals surface area contributed by atoms with Gasteiger partial charge in [-0.1, -0.05) is 89.4 Å². The topological polar surface area (TPSA) is 49.4 Å². The van der Waals surface area contributed by atoms with E-state index in [1.807, 2.05) is 75.4 Å². The number of hydrogen-bond donors (Lipinski definition) is 1. The third kappa shape index (κ3) is 8.26. The van der Waals surface area contributed by atoms with Gasteiger partial charge in [0.05, 0.1) is 0 Å². The molecule has 0 aliphatic heterocycles. The highest BCUT2D eigenvalue weighted by Gasteiger charge is 2.32. The van der Waals surface area contributed by atoms with Gasteiger partial charge in [0.25, 0.3) is 0 Å². The van der Waals surface area contributed by atoms with Crippen LogP contribution in [0.4, 0.5) is 0 Å². The molecule has 0 radical (unpaired) electrons. The van der Waals surface area contributed by atoms with Crippen molar-refractivity contribution in [3.05, 3.63) is 105 Å². The summed E-state index contributed by atoms with van der Waals surface area (Å²) in [5.41, 5.74) is 2.10. The minimum atomic E-state index is -0.739. The van der Waals surface area contributed by atoms with Crippen LogP contribution in [0.3, 0.4) is 0 Å². The average molecular weight is 546 g/mol. The molecule has 4 nitrogen and oxygen atoms in total. The van der Waals surface area contributed by atoms with Gasteiger partial charge < -0.3 is 10.2 Å². The summed E-state index contributed by atoms with van der Waals surface area (Å²) >= 11 is 18.9. The van der Waals surface area contributed by atoms with Crippen molar-refractivity contribution in [2.75, 3.05) is 0 Å². The predicted molar refractivity (Wildman–Crippen MR) is 149 cm³/mol. The quantitative estimate of drug-likeness (QED) is 0.311. The summed E-state index contributed by atoms with van der Waals surface area (Å²) in [7, 11) is 0. The van der Waals surface area contributed by atoms with Crippen molar-refractivity contribution >= 4 is 46.6 Å². The number of amides is 2. The molecule has 1 N–H and O–H groups in total. The van der Waals surface area contributed by atoms with E-state index in [9.17, 15) is 9.59 Å². The average Bonchev–Trinajstić information content (AvgIpc) is 2.81. The molecular formula is C29H31Cl3N2O2. The van der Waals surface area contributed by atoms with Crippen LogP contribution in [0.25, 0.3) is 0 Å². The zero-order valence-electron chi connectivity index (χ0n) is 20.7. The number of nitrogens with one attached hydrogen (secondary N) is 1. The smallest absolute Gasteiger partial charge is 0.243 e.